The van der Waals surface area contributed by atoms with Gasteiger partial charge in [-0.25, -0.2) is 0 Å². The lowest BCUT2D eigenvalue weighted by atomic mass is 10.2. The van der Waals surface area contributed by atoms with Crippen molar-refractivity contribution in [2.75, 3.05) is 43.9 Å². The average molecular weight is 452 g/mol. The summed E-state index contributed by atoms with van der Waals surface area (Å²) in [6.45, 7) is 5.19. The predicted octanol–water partition coefficient (Wildman–Crippen LogP) is 2.31. The van der Waals surface area contributed by atoms with Crippen LogP contribution >= 0.6 is 24.0 Å². The van der Waals surface area contributed by atoms with Gasteiger partial charge in [0.1, 0.15) is 16.3 Å². The number of aryl methyl sites for hydroxylation is 1. The number of hydrogen-bond donors (Lipinski definition) is 1. The fraction of sp³-hybridized carbons (Fsp3) is 0.474. The molecule has 0 radical (unpaired) electrons. The minimum absolute atomic E-state index is 0.212. The SMILES string of the molecule is COc1ccccc1N1CCN(C(=S)SCC(O)Cn2cc([N+](=O)[O-])nc2C)CC1. The number of thioether (sulfide) groups is 1. The van der Waals surface area contributed by atoms with Gasteiger partial charge in [0, 0.05) is 38.9 Å². The van der Waals surface area contributed by atoms with Crippen LogP contribution in [0.1, 0.15) is 5.82 Å². The lowest BCUT2D eigenvalue weighted by molar-refractivity contribution is -0.389. The summed E-state index contributed by atoms with van der Waals surface area (Å²) >= 11 is 6.98. The van der Waals surface area contributed by atoms with Gasteiger partial charge in [0.15, 0.2) is 0 Å². The molecule has 1 unspecified atom stereocenters. The Labute approximate surface area is 184 Å². The molecular formula is C19H25N5O4S2. The molecule has 0 saturated carbocycles. The van der Waals surface area contributed by atoms with Crippen molar-refractivity contribution < 1.29 is 14.8 Å². The zero-order valence-electron chi connectivity index (χ0n) is 16.9. The van der Waals surface area contributed by atoms with Crippen molar-refractivity contribution in [3.63, 3.8) is 0 Å². The number of thiocarbonyl (C=S) groups is 1. The van der Waals surface area contributed by atoms with Gasteiger partial charge in [0.2, 0.25) is 5.82 Å². The van der Waals surface area contributed by atoms with E-state index in [2.05, 4.69) is 20.9 Å². The van der Waals surface area contributed by atoms with E-state index in [-0.39, 0.29) is 12.4 Å². The number of aliphatic hydroxyl groups excluding tert-OH is 1. The molecule has 0 aliphatic carbocycles. The standard InChI is InChI=1S/C19H25N5O4S2/c1-14-20-18(24(26)27)12-23(14)11-15(25)13-30-19(29)22-9-7-21(8-10-22)16-5-3-4-6-17(16)28-2/h3-6,12,15,25H,7-11,13H2,1-2H3. The molecule has 2 heterocycles. The van der Waals surface area contributed by atoms with Crippen LogP contribution in [0.25, 0.3) is 0 Å². The number of benzene rings is 1. The smallest absolute Gasteiger partial charge is 0.381 e. The van der Waals surface area contributed by atoms with E-state index in [1.165, 1.54) is 18.0 Å². The third-order valence-electron chi connectivity index (χ3n) is 4.92. The Hall–Kier alpha value is -2.37. The van der Waals surface area contributed by atoms with Crippen molar-refractivity contribution in [1.82, 2.24) is 14.5 Å². The summed E-state index contributed by atoms with van der Waals surface area (Å²) in [5.74, 6) is 1.56. The number of rotatable bonds is 7. The Morgan fingerprint density at radius 3 is 2.70 bits per heavy atom. The summed E-state index contributed by atoms with van der Waals surface area (Å²) in [5.41, 5.74) is 1.08. The Bertz CT molecular complexity index is 899. The van der Waals surface area contributed by atoms with Gasteiger partial charge in [-0.15, -0.1) is 0 Å². The van der Waals surface area contributed by atoms with E-state index < -0.39 is 11.0 Å². The summed E-state index contributed by atoms with van der Waals surface area (Å²) in [7, 11) is 1.68. The zero-order valence-corrected chi connectivity index (χ0v) is 18.6. The van der Waals surface area contributed by atoms with E-state index in [0.29, 0.717) is 11.6 Å². The summed E-state index contributed by atoms with van der Waals surface area (Å²) in [5, 5.41) is 21.2. The number of aromatic nitrogens is 2. The van der Waals surface area contributed by atoms with E-state index in [0.717, 1.165) is 41.9 Å². The van der Waals surface area contributed by atoms with Crippen LogP contribution in [-0.2, 0) is 6.54 Å². The van der Waals surface area contributed by atoms with Gasteiger partial charge < -0.3 is 34.3 Å². The fourth-order valence-corrected chi connectivity index (χ4v) is 4.52. The highest BCUT2D eigenvalue weighted by molar-refractivity contribution is 8.22. The number of nitrogens with zero attached hydrogens (tertiary/aromatic N) is 5. The van der Waals surface area contributed by atoms with Crippen molar-refractivity contribution in [3.8, 4) is 5.75 Å². The second-order valence-corrected chi connectivity index (χ2v) is 8.59. The molecule has 0 amide bonds. The molecule has 3 rings (SSSR count). The first-order valence-electron chi connectivity index (χ1n) is 9.55. The molecule has 1 N–H and O–H groups in total. The molecule has 162 valence electrons. The van der Waals surface area contributed by atoms with Gasteiger partial charge in [0.05, 0.1) is 25.4 Å². The summed E-state index contributed by atoms with van der Waals surface area (Å²) in [6.07, 6.45) is 0.661. The first-order chi connectivity index (χ1) is 14.4. The molecule has 1 aromatic carbocycles. The molecule has 11 heteroatoms. The predicted molar refractivity (Wildman–Crippen MR) is 121 cm³/mol. The lowest BCUT2D eigenvalue weighted by Gasteiger charge is -2.37. The molecule has 1 aliphatic heterocycles. The number of imidazole rings is 1. The highest BCUT2D eigenvalue weighted by Crippen LogP contribution is 2.28. The number of para-hydroxylation sites is 2. The van der Waals surface area contributed by atoms with E-state index in [1.807, 2.05) is 18.2 Å². The Balaban J connectivity index is 1.46. The Morgan fingerprint density at radius 1 is 1.37 bits per heavy atom. The van der Waals surface area contributed by atoms with Crippen LogP contribution in [0, 0.1) is 17.0 Å². The highest BCUT2D eigenvalue weighted by atomic mass is 32.2. The summed E-state index contributed by atoms with van der Waals surface area (Å²) in [4.78, 5) is 18.6. The van der Waals surface area contributed by atoms with Crippen LogP contribution in [-0.4, -0.2) is 73.9 Å². The number of ether oxygens (including phenoxy) is 1. The third-order valence-corrected chi connectivity index (χ3v) is 6.59. The van der Waals surface area contributed by atoms with E-state index in [4.69, 9.17) is 17.0 Å². The zero-order chi connectivity index (χ0) is 21.7. The molecule has 9 nitrogen and oxygen atoms in total. The number of hydrogen-bond acceptors (Lipinski definition) is 8. The quantitative estimate of drug-likeness (QED) is 0.386. The van der Waals surface area contributed by atoms with Crippen molar-refractivity contribution in [2.24, 2.45) is 0 Å². The highest BCUT2D eigenvalue weighted by Gasteiger charge is 2.22. The number of anilines is 1. The number of nitro groups is 1. The third kappa shape index (κ3) is 5.41. The van der Waals surface area contributed by atoms with Crippen LogP contribution in [0.4, 0.5) is 11.5 Å². The number of methoxy groups -OCH3 is 1. The van der Waals surface area contributed by atoms with Gasteiger partial charge >= 0.3 is 5.82 Å². The van der Waals surface area contributed by atoms with E-state index in [9.17, 15) is 15.2 Å². The molecular weight excluding hydrogens is 426 g/mol. The Kier molecular flexibility index (Phi) is 7.51. The van der Waals surface area contributed by atoms with Crippen LogP contribution in [0.15, 0.2) is 30.5 Å². The second-order valence-electron chi connectivity index (χ2n) is 6.93. The van der Waals surface area contributed by atoms with E-state index in [1.54, 1.807) is 18.6 Å². The molecule has 0 bridgehead atoms. The van der Waals surface area contributed by atoms with Crippen molar-refractivity contribution >= 4 is 39.8 Å². The van der Waals surface area contributed by atoms with Gasteiger partial charge in [-0.3, -0.25) is 0 Å². The van der Waals surface area contributed by atoms with Gasteiger partial charge in [-0.1, -0.05) is 36.1 Å². The van der Waals surface area contributed by atoms with Gasteiger partial charge in [-0.2, -0.15) is 0 Å². The molecule has 30 heavy (non-hydrogen) atoms. The summed E-state index contributed by atoms with van der Waals surface area (Å²) < 4.78 is 7.80. The maximum atomic E-state index is 10.8. The molecule has 1 aliphatic rings. The minimum atomic E-state index is -0.685. The molecule has 1 atom stereocenters. The second kappa shape index (κ2) is 10.1. The monoisotopic (exact) mass is 451 g/mol. The largest absolute Gasteiger partial charge is 0.495 e. The minimum Gasteiger partial charge on any atom is -0.495 e. The van der Waals surface area contributed by atoms with Gasteiger partial charge in [0.25, 0.3) is 0 Å². The first-order valence-corrected chi connectivity index (χ1v) is 10.9. The van der Waals surface area contributed by atoms with E-state index >= 15 is 0 Å². The normalized spacial score (nSPS) is 15.2. The average Bonchev–Trinajstić information content (AvgIpc) is 3.12. The topological polar surface area (TPSA) is 96.9 Å². The van der Waals surface area contributed by atoms with Crippen LogP contribution in [0.5, 0.6) is 5.75 Å². The lowest BCUT2D eigenvalue weighted by Crippen LogP contribution is -2.47. The molecule has 1 fully saturated rings. The van der Waals surface area contributed by atoms with Crippen LogP contribution in [0.2, 0.25) is 0 Å². The molecule has 0 spiro atoms. The first kappa shape index (κ1) is 22.3. The van der Waals surface area contributed by atoms with Gasteiger partial charge in [-0.05, 0) is 22.0 Å². The van der Waals surface area contributed by atoms with Crippen molar-refractivity contribution in [2.45, 2.75) is 19.6 Å². The van der Waals surface area contributed by atoms with Crippen molar-refractivity contribution in [3.05, 3.63) is 46.4 Å². The molecule has 1 aromatic heterocycles. The summed E-state index contributed by atoms with van der Waals surface area (Å²) in [6, 6.07) is 7.97. The number of aliphatic hydroxyl groups is 1. The van der Waals surface area contributed by atoms with Crippen molar-refractivity contribution in [1.29, 1.82) is 0 Å². The molecule has 1 saturated heterocycles. The Morgan fingerprint density at radius 2 is 2.07 bits per heavy atom. The maximum absolute atomic E-state index is 10.8. The molecule has 2 aromatic rings. The fourth-order valence-electron chi connectivity index (χ4n) is 3.32. The number of piperazine rings is 1. The maximum Gasteiger partial charge on any atom is 0.381 e. The van der Waals surface area contributed by atoms with Crippen LogP contribution < -0.4 is 9.64 Å². The van der Waals surface area contributed by atoms with Crippen LogP contribution in [0.3, 0.4) is 0 Å².